The van der Waals surface area contributed by atoms with Crippen molar-refractivity contribution in [1.29, 1.82) is 0 Å². The van der Waals surface area contributed by atoms with Crippen LogP contribution in [0.5, 0.6) is 0 Å². The fraction of sp³-hybridized carbons (Fsp3) is 0.115. The highest BCUT2D eigenvalue weighted by molar-refractivity contribution is 7.13. The lowest BCUT2D eigenvalue weighted by Crippen LogP contribution is -2.11. The molecule has 3 heterocycles. The fourth-order valence-electron chi connectivity index (χ4n) is 3.47. The third-order valence-corrected chi connectivity index (χ3v) is 7.07. The first kappa shape index (κ1) is 21.3. The van der Waals surface area contributed by atoms with E-state index in [0.717, 1.165) is 43.6 Å². The van der Waals surface area contributed by atoms with Gasteiger partial charge in [-0.1, -0.05) is 36.4 Å². The summed E-state index contributed by atoms with van der Waals surface area (Å²) in [5.74, 6) is 0. The van der Waals surface area contributed by atoms with E-state index in [4.69, 9.17) is 15.2 Å². The van der Waals surface area contributed by atoms with Gasteiger partial charge in [0.15, 0.2) is 0 Å². The summed E-state index contributed by atoms with van der Waals surface area (Å²) < 4.78 is 3.80. The smallest absolute Gasteiger partial charge is 0.211 e. The van der Waals surface area contributed by atoms with Gasteiger partial charge in [-0.25, -0.2) is 14.4 Å². The van der Waals surface area contributed by atoms with Gasteiger partial charge in [0.05, 0.1) is 28.2 Å². The van der Waals surface area contributed by atoms with Crippen LogP contribution >= 0.6 is 22.7 Å². The number of thiazole rings is 1. The Morgan fingerprint density at radius 1 is 0.939 bits per heavy atom. The molecule has 0 radical (unpaired) electrons. The molecule has 0 bridgehead atoms. The van der Waals surface area contributed by atoms with Gasteiger partial charge in [0.2, 0.25) is 4.80 Å². The van der Waals surface area contributed by atoms with Crippen molar-refractivity contribution in [3.8, 4) is 16.3 Å². The van der Waals surface area contributed by atoms with E-state index in [1.165, 1.54) is 5.56 Å². The van der Waals surface area contributed by atoms with E-state index in [-0.39, 0.29) is 0 Å². The third-order valence-electron chi connectivity index (χ3n) is 5.26. The molecule has 0 atom stereocenters. The molecule has 0 unspecified atom stereocenters. The van der Waals surface area contributed by atoms with Crippen LogP contribution in [-0.2, 0) is 0 Å². The van der Waals surface area contributed by atoms with Crippen LogP contribution in [0, 0.1) is 20.8 Å². The molecule has 2 aromatic carbocycles. The molecular weight excluding hydrogens is 446 g/mol. The predicted molar refractivity (Wildman–Crippen MR) is 138 cm³/mol. The molecule has 0 aliphatic carbocycles. The van der Waals surface area contributed by atoms with Crippen LogP contribution < -0.4 is 4.80 Å². The van der Waals surface area contributed by atoms with Crippen molar-refractivity contribution in [1.82, 2.24) is 14.5 Å². The first-order valence-corrected chi connectivity index (χ1v) is 12.4. The second-order valence-electron chi connectivity index (χ2n) is 7.81. The van der Waals surface area contributed by atoms with Gasteiger partial charge in [0.1, 0.15) is 5.69 Å². The Hall–Kier alpha value is -3.55. The van der Waals surface area contributed by atoms with Crippen LogP contribution in [0.3, 0.4) is 0 Å². The quantitative estimate of drug-likeness (QED) is 0.271. The highest BCUT2D eigenvalue weighted by Gasteiger charge is 2.12. The molecule has 164 valence electrons. The van der Waals surface area contributed by atoms with Gasteiger partial charge in [-0.2, -0.15) is 10.2 Å². The molecule has 5 rings (SSSR count). The SMILES string of the molecule is Cc1ccc(C)c(N=c2scc(C)n2/N=C/c2cn(-c3ccccc3)nc2-c2cccs2)c1. The topological polar surface area (TPSA) is 47.5 Å². The van der Waals surface area contributed by atoms with Crippen LogP contribution in [0.1, 0.15) is 22.4 Å². The van der Waals surface area contributed by atoms with Gasteiger partial charge >= 0.3 is 0 Å². The highest BCUT2D eigenvalue weighted by Crippen LogP contribution is 2.27. The number of aryl methyl sites for hydroxylation is 3. The second kappa shape index (κ2) is 9.13. The summed E-state index contributed by atoms with van der Waals surface area (Å²) in [6.45, 7) is 6.21. The Kier molecular flexibility index (Phi) is 5.90. The molecule has 0 aliphatic rings. The summed E-state index contributed by atoms with van der Waals surface area (Å²) in [5, 5.41) is 13.8. The summed E-state index contributed by atoms with van der Waals surface area (Å²) in [5.41, 5.74) is 7.23. The first-order chi connectivity index (χ1) is 16.1. The first-order valence-electron chi connectivity index (χ1n) is 10.6. The zero-order valence-corrected chi connectivity index (χ0v) is 20.3. The Bertz CT molecular complexity index is 1490. The number of nitrogens with zero attached hydrogens (tertiary/aromatic N) is 5. The van der Waals surface area contributed by atoms with Gasteiger partial charge in [-0.3, -0.25) is 0 Å². The largest absolute Gasteiger partial charge is 0.240 e. The van der Waals surface area contributed by atoms with Crippen LogP contribution in [0.4, 0.5) is 5.69 Å². The van der Waals surface area contributed by atoms with Crippen LogP contribution in [-0.4, -0.2) is 20.7 Å². The summed E-state index contributed by atoms with van der Waals surface area (Å²) >= 11 is 3.26. The van der Waals surface area contributed by atoms with E-state index in [1.54, 1.807) is 22.7 Å². The van der Waals surface area contributed by atoms with Crippen molar-refractivity contribution in [2.75, 3.05) is 0 Å². The second-order valence-corrected chi connectivity index (χ2v) is 9.59. The van der Waals surface area contributed by atoms with Crippen molar-refractivity contribution in [3.63, 3.8) is 0 Å². The normalized spacial score (nSPS) is 12.2. The Labute approximate surface area is 200 Å². The van der Waals surface area contributed by atoms with Crippen molar-refractivity contribution >= 4 is 34.6 Å². The summed E-state index contributed by atoms with van der Waals surface area (Å²) in [7, 11) is 0. The number of aromatic nitrogens is 3. The maximum absolute atomic E-state index is 4.91. The lowest BCUT2D eigenvalue weighted by atomic mass is 10.1. The number of thiophene rings is 1. The molecule has 33 heavy (non-hydrogen) atoms. The molecule has 0 spiro atoms. The molecule has 5 aromatic rings. The lowest BCUT2D eigenvalue weighted by molar-refractivity contribution is 0.809. The average Bonchev–Trinajstić information content (AvgIpc) is 3.56. The number of benzene rings is 2. The number of hydrogen-bond acceptors (Lipinski definition) is 5. The van der Waals surface area contributed by atoms with Crippen LogP contribution in [0.2, 0.25) is 0 Å². The molecule has 0 amide bonds. The Morgan fingerprint density at radius 3 is 2.58 bits per heavy atom. The Balaban J connectivity index is 1.58. The van der Waals surface area contributed by atoms with E-state index < -0.39 is 0 Å². The van der Waals surface area contributed by atoms with Crippen molar-refractivity contribution in [2.24, 2.45) is 10.1 Å². The fourth-order valence-corrected chi connectivity index (χ4v) is 5.01. The molecule has 0 aliphatic heterocycles. The molecule has 0 N–H and O–H groups in total. The van der Waals surface area contributed by atoms with Crippen LogP contribution in [0.15, 0.2) is 87.7 Å². The lowest BCUT2D eigenvalue weighted by Gasteiger charge is -2.02. The molecule has 3 aromatic heterocycles. The third kappa shape index (κ3) is 4.51. The van der Waals surface area contributed by atoms with Crippen molar-refractivity contribution in [3.05, 3.63) is 105 Å². The minimum Gasteiger partial charge on any atom is -0.240 e. The van der Waals surface area contributed by atoms with Crippen molar-refractivity contribution < 1.29 is 0 Å². The Morgan fingerprint density at radius 2 is 1.79 bits per heavy atom. The number of hydrogen-bond donors (Lipinski definition) is 0. The summed E-state index contributed by atoms with van der Waals surface area (Å²) in [6, 6.07) is 20.6. The van der Waals surface area contributed by atoms with Gasteiger partial charge in [0, 0.05) is 17.1 Å². The molecule has 7 heteroatoms. The molecule has 0 saturated heterocycles. The standard InChI is InChI=1S/C26H23N5S2/c1-18-11-12-19(2)23(14-18)28-26-31(20(3)17-33-26)27-15-21-16-30(22-8-5-4-6-9-22)29-25(21)24-10-7-13-32-24/h4-17H,1-3H3/b27-15+,28-26?. The van der Waals surface area contributed by atoms with E-state index in [2.05, 4.69) is 48.9 Å². The van der Waals surface area contributed by atoms with Gasteiger partial charge < -0.3 is 0 Å². The van der Waals surface area contributed by atoms with Gasteiger partial charge in [-0.05, 0) is 61.5 Å². The predicted octanol–water partition coefficient (Wildman–Crippen LogP) is 6.50. The zero-order chi connectivity index (χ0) is 22.8. The maximum atomic E-state index is 4.91. The van der Waals surface area contributed by atoms with Crippen molar-refractivity contribution in [2.45, 2.75) is 20.8 Å². The van der Waals surface area contributed by atoms with E-state index in [0.29, 0.717) is 0 Å². The van der Waals surface area contributed by atoms with Gasteiger partial charge in [-0.15, -0.1) is 22.7 Å². The maximum Gasteiger partial charge on any atom is 0.211 e. The van der Waals surface area contributed by atoms with Gasteiger partial charge in [0.25, 0.3) is 0 Å². The summed E-state index contributed by atoms with van der Waals surface area (Å²) in [6.07, 6.45) is 3.90. The minimum absolute atomic E-state index is 0.838. The highest BCUT2D eigenvalue weighted by atomic mass is 32.1. The molecule has 5 nitrogen and oxygen atoms in total. The average molecular weight is 470 g/mol. The number of rotatable bonds is 5. The summed E-state index contributed by atoms with van der Waals surface area (Å²) in [4.78, 5) is 6.86. The van der Waals surface area contributed by atoms with Crippen LogP contribution in [0.25, 0.3) is 16.3 Å². The van der Waals surface area contributed by atoms with E-state index in [1.807, 2.05) is 65.1 Å². The monoisotopic (exact) mass is 469 g/mol. The van der Waals surface area contributed by atoms with E-state index in [9.17, 15) is 0 Å². The molecule has 0 fully saturated rings. The number of para-hydroxylation sites is 1. The minimum atomic E-state index is 0.838. The molecular formula is C26H23N5S2. The zero-order valence-electron chi connectivity index (χ0n) is 18.6. The molecule has 0 saturated carbocycles. The van der Waals surface area contributed by atoms with E-state index >= 15 is 0 Å².